The predicted molar refractivity (Wildman–Crippen MR) is 93.6 cm³/mol. The van der Waals surface area contributed by atoms with Crippen molar-refractivity contribution >= 4 is 11.9 Å². The molecule has 25 heavy (non-hydrogen) atoms. The number of nitrogens with zero attached hydrogens (tertiary/aromatic N) is 1. The summed E-state index contributed by atoms with van der Waals surface area (Å²) in [4.78, 5) is 24.5. The third kappa shape index (κ3) is 3.99. The van der Waals surface area contributed by atoms with Gasteiger partial charge in [0, 0.05) is 19.5 Å². The van der Waals surface area contributed by atoms with Crippen LogP contribution in [-0.4, -0.2) is 28.4 Å². The van der Waals surface area contributed by atoms with Gasteiger partial charge in [0.1, 0.15) is 11.5 Å². The zero-order valence-electron chi connectivity index (χ0n) is 14.4. The Balaban J connectivity index is 1.63. The van der Waals surface area contributed by atoms with E-state index in [9.17, 15) is 9.59 Å². The second-order valence-electron chi connectivity index (χ2n) is 6.51. The van der Waals surface area contributed by atoms with Gasteiger partial charge >= 0.3 is 5.97 Å². The van der Waals surface area contributed by atoms with Crippen molar-refractivity contribution in [1.82, 2.24) is 4.90 Å². The number of likely N-dealkylation sites (tertiary alicyclic amines) is 1. The average Bonchev–Trinajstić information content (AvgIpc) is 2.94. The van der Waals surface area contributed by atoms with Crippen LogP contribution in [0, 0.1) is 19.8 Å². The summed E-state index contributed by atoms with van der Waals surface area (Å²) >= 11 is 0. The van der Waals surface area contributed by atoms with Crippen LogP contribution < -0.4 is 4.74 Å². The van der Waals surface area contributed by atoms with Crippen molar-refractivity contribution in [2.75, 3.05) is 6.54 Å². The number of carboxylic acids is 1. The molecule has 1 saturated heterocycles. The summed E-state index contributed by atoms with van der Waals surface area (Å²) < 4.78 is 5.85. The van der Waals surface area contributed by atoms with E-state index in [1.807, 2.05) is 49.4 Å². The van der Waals surface area contributed by atoms with Gasteiger partial charge in [0.15, 0.2) is 0 Å². The van der Waals surface area contributed by atoms with E-state index in [0.29, 0.717) is 6.54 Å². The Bertz CT molecular complexity index is 798. The first kappa shape index (κ1) is 17.0. The molecule has 1 N–H and O–H groups in total. The molecule has 1 unspecified atom stereocenters. The zero-order chi connectivity index (χ0) is 18.0. The molecule has 3 rings (SSSR count). The Kier molecular flexibility index (Phi) is 4.74. The maximum Gasteiger partial charge on any atom is 0.308 e. The van der Waals surface area contributed by atoms with E-state index in [-0.39, 0.29) is 18.9 Å². The molecule has 2 aromatic carbocycles. The Morgan fingerprint density at radius 2 is 1.80 bits per heavy atom. The van der Waals surface area contributed by atoms with Crippen LogP contribution in [0.1, 0.15) is 23.1 Å². The minimum atomic E-state index is -0.909. The second-order valence-corrected chi connectivity index (χ2v) is 6.51. The highest BCUT2D eigenvalue weighted by atomic mass is 16.5. The van der Waals surface area contributed by atoms with Crippen LogP contribution in [0.3, 0.4) is 0 Å². The fourth-order valence-corrected chi connectivity index (χ4v) is 2.89. The van der Waals surface area contributed by atoms with E-state index in [1.165, 1.54) is 11.1 Å². The molecule has 1 amide bonds. The number of aryl methyl sites for hydroxylation is 2. The Morgan fingerprint density at radius 3 is 2.40 bits per heavy atom. The molecule has 1 atom stereocenters. The largest absolute Gasteiger partial charge is 0.481 e. The number of carbonyl (C=O) groups excluding carboxylic acids is 1. The normalized spacial score (nSPS) is 17.0. The van der Waals surface area contributed by atoms with Crippen LogP contribution >= 0.6 is 0 Å². The van der Waals surface area contributed by atoms with Crippen molar-refractivity contribution in [3.05, 3.63) is 59.2 Å². The van der Waals surface area contributed by atoms with Crippen molar-refractivity contribution < 1.29 is 19.4 Å². The first-order valence-electron chi connectivity index (χ1n) is 8.27. The number of benzene rings is 2. The molecule has 1 fully saturated rings. The van der Waals surface area contributed by atoms with Gasteiger partial charge in [-0.15, -0.1) is 0 Å². The summed E-state index contributed by atoms with van der Waals surface area (Å²) in [6, 6.07) is 13.5. The Morgan fingerprint density at radius 1 is 1.12 bits per heavy atom. The molecule has 130 valence electrons. The van der Waals surface area contributed by atoms with Crippen LogP contribution in [0.25, 0.3) is 0 Å². The molecular formula is C20H21NO4. The van der Waals surface area contributed by atoms with Gasteiger partial charge < -0.3 is 14.7 Å². The minimum absolute atomic E-state index is 0.0866. The summed E-state index contributed by atoms with van der Waals surface area (Å²) in [5, 5.41) is 9.03. The molecule has 0 spiro atoms. The lowest BCUT2D eigenvalue weighted by Gasteiger charge is -2.16. The average molecular weight is 339 g/mol. The SMILES string of the molecule is Cc1ccc(Oc2ccc(CN3CC(C(=O)O)CC3=O)cc2)cc1C. The number of rotatable bonds is 5. The predicted octanol–water partition coefficient (Wildman–Crippen LogP) is 3.53. The van der Waals surface area contributed by atoms with Gasteiger partial charge in [-0.25, -0.2) is 0 Å². The highest BCUT2D eigenvalue weighted by Gasteiger charge is 2.33. The number of ether oxygens (including phenoxy) is 1. The first-order chi connectivity index (χ1) is 11.9. The van der Waals surface area contributed by atoms with Crippen LogP contribution in [0.2, 0.25) is 0 Å². The van der Waals surface area contributed by atoms with Crippen LogP contribution in [0.5, 0.6) is 11.5 Å². The molecular weight excluding hydrogens is 318 g/mol. The number of hydrogen-bond acceptors (Lipinski definition) is 3. The third-order valence-corrected chi connectivity index (χ3v) is 4.57. The smallest absolute Gasteiger partial charge is 0.308 e. The molecule has 1 aliphatic rings. The van der Waals surface area contributed by atoms with E-state index in [0.717, 1.165) is 17.1 Å². The topological polar surface area (TPSA) is 66.8 Å². The molecule has 5 heteroatoms. The molecule has 1 aliphatic heterocycles. The molecule has 0 bridgehead atoms. The molecule has 5 nitrogen and oxygen atoms in total. The summed E-state index contributed by atoms with van der Waals surface area (Å²) in [5.74, 6) is -0.103. The quantitative estimate of drug-likeness (QED) is 0.905. The zero-order valence-corrected chi connectivity index (χ0v) is 14.4. The van der Waals surface area contributed by atoms with E-state index in [1.54, 1.807) is 4.90 Å². The van der Waals surface area contributed by atoms with Crippen LogP contribution in [0.4, 0.5) is 0 Å². The van der Waals surface area contributed by atoms with Crippen molar-refractivity contribution in [2.24, 2.45) is 5.92 Å². The highest BCUT2D eigenvalue weighted by Crippen LogP contribution is 2.25. The van der Waals surface area contributed by atoms with E-state index < -0.39 is 11.9 Å². The van der Waals surface area contributed by atoms with Gasteiger partial charge in [-0.2, -0.15) is 0 Å². The monoisotopic (exact) mass is 339 g/mol. The van der Waals surface area contributed by atoms with E-state index >= 15 is 0 Å². The third-order valence-electron chi connectivity index (χ3n) is 4.57. The maximum atomic E-state index is 11.9. The lowest BCUT2D eigenvalue weighted by Crippen LogP contribution is -2.25. The van der Waals surface area contributed by atoms with Crippen molar-refractivity contribution in [1.29, 1.82) is 0 Å². The van der Waals surface area contributed by atoms with Crippen molar-refractivity contribution in [3.63, 3.8) is 0 Å². The molecule has 0 aliphatic carbocycles. The molecule has 0 saturated carbocycles. The summed E-state index contributed by atoms with van der Waals surface area (Å²) in [6.45, 7) is 4.80. The molecule has 2 aromatic rings. The van der Waals surface area contributed by atoms with Gasteiger partial charge in [-0.05, 0) is 54.8 Å². The van der Waals surface area contributed by atoms with Crippen molar-refractivity contribution in [2.45, 2.75) is 26.8 Å². The van der Waals surface area contributed by atoms with Gasteiger partial charge in [-0.1, -0.05) is 18.2 Å². The fourth-order valence-electron chi connectivity index (χ4n) is 2.89. The number of carboxylic acid groups (broad SMARTS) is 1. The highest BCUT2D eigenvalue weighted by molar-refractivity contribution is 5.86. The lowest BCUT2D eigenvalue weighted by molar-refractivity contribution is -0.141. The Hall–Kier alpha value is -2.82. The van der Waals surface area contributed by atoms with E-state index in [4.69, 9.17) is 9.84 Å². The van der Waals surface area contributed by atoms with Crippen molar-refractivity contribution in [3.8, 4) is 11.5 Å². The summed E-state index contributed by atoms with van der Waals surface area (Å²) in [5.41, 5.74) is 3.35. The molecule has 1 heterocycles. The number of amides is 1. The van der Waals surface area contributed by atoms with Crippen LogP contribution in [-0.2, 0) is 16.1 Å². The van der Waals surface area contributed by atoms with Crippen LogP contribution in [0.15, 0.2) is 42.5 Å². The Labute approximate surface area is 146 Å². The second kappa shape index (κ2) is 6.97. The number of hydrogen-bond donors (Lipinski definition) is 1. The van der Waals surface area contributed by atoms with Gasteiger partial charge in [0.25, 0.3) is 0 Å². The fraction of sp³-hybridized carbons (Fsp3) is 0.300. The summed E-state index contributed by atoms with van der Waals surface area (Å²) in [6.07, 6.45) is 0.0866. The number of aliphatic carboxylic acids is 1. The standard InChI is InChI=1S/C20H21NO4/c1-13-3-6-18(9-14(13)2)25-17-7-4-15(5-8-17)11-21-12-16(20(23)24)10-19(21)22/h3-9,16H,10-12H2,1-2H3,(H,23,24). The van der Waals surface area contributed by atoms with Gasteiger partial charge in [0.2, 0.25) is 5.91 Å². The molecule has 0 aromatic heterocycles. The van der Waals surface area contributed by atoms with E-state index in [2.05, 4.69) is 6.92 Å². The number of carbonyl (C=O) groups is 2. The minimum Gasteiger partial charge on any atom is -0.481 e. The van der Waals surface area contributed by atoms with Gasteiger partial charge in [0.05, 0.1) is 5.92 Å². The first-order valence-corrected chi connectivity index (χ1v) is 8.27. The maximum absolute atomic E-state index is 11.9. The van der Waals surface area contributed by atoms with Gasteiger partial charge in [-0.3, -0.25) is 9.59 Å². The summed E-state index contributed by atoms with van der Waals surface area (Å²) in [7, 11) is 0. The lowest BCUT2D eigenvalue weighted by atomic mass is 10.1. The molecule has 0 radical (unpaired) electrons.